The smallest absolute Gasteiger partial charge is 0.264 e. The fourth-order valence-electron chi connectivity index (χ4n) is 2.40. The van der Waals surface area contributed by atoms with Crippen molar-refractivity contribution in [1.82, 2.24) is 4.90 Å². The lowest BCUT2D eigenvalue weighted by molar-refractivity contribution is 0.0578. The van der Waals surface area contributed by atoms with Gasteiger partial charge in [-0.15, -0.1) is 11.3 Å². The molecule has 0 spiro atoms. The fourth-order valence-corrected chi connectivity index (χ4v) is 3.43. The highest BCUT2D eigenvalue weighted by atomic mass is 32.1. The number of nitrogens with zero attached hydrogens (tertiary/aromatic N) is 1. The second kappa shape index (κ2) is 6.40. The highest BCUT2D eigenvalue weighted by Gasteiger charge is 2.31. The third-order valence-electron chi connectivity index (χ3n) is 3.59. The van der Waals surface area contributed by atoms with Crippen molar-refractivity contribution < 1.29 is 9.53 Å². The molecule has 4 nitrogen and oxygen atoms in total. The molecule has 1 aromatic heterocycles. The topological polar surface area (TPSA) is 55.6 Å². The Kier molecular flexibility index (Phi) is 4.81. The molecule has 0 aliphatic carbocycles. The molecule has 108 valence electrons. The number of aryl methyl sites for hydroxylation is 1. The molecular formula is C15H20N2O2S. The largest absolute Gasteiger partial charge is 0.376 e. The highest BCUT2D eigenvalue weighted by Crippen LogP contribution is 2.25. The van der Waals surface area contributed by atoms with Gasteiger partial charge in [0.05, 0.1) is 28.4 Å². The van der Waals surface area contributed by atoms with Gasteiger partial charge in [0.25, 0.3) is 5.91 Å². The summed E-state index contributed by atoms with van der Waals surface area (Å²) in [5.74, 6) is 5.89. The van der Waals surface area contributed by atoms with Crippen LogP contribution in [-0.2, 0) is 4.74 Å². The van der Waals surface area contributed by atoms with Crippen molar-refractivity contribution in [2.45, 2.75) is 32.4 Å². The van der Waals surface area contributed by atoms with Crippen LogP contribution in [0.5, 0.6) is 0 Å². The van der Waals surface area contributed by atoms with E-state index in [9.17, 15) is 4.79 Å². The van der Waals surface area contributed by atoms with Gasteiger partial charge in [-0.25, -0.2) is 0 Å². The third-order valence-corrected chi connectivity index (χ3v) is 4.73. The van der Waals surface area contributed by atoms with Gasteiger partial charge >= 0.3 is 0 Å². The molecule has 1 fully saturated rings. The van der Waals surface area contributed by atoms with Crippen molar-refractivity contribution in [3.05, 3.63) is 21.4 Å². The first-order valence-electron chi connectivity index (χ1n) is 6.72. The summed E-state index contributed by atoms with van der Waals surface area (Å²) in [6.07, 6.45) is 0.995. The first kappa shape index (κ1) is 15.0. The Hall–Kier alpha value is -1.35. The number of likely N-dealkylation sites (N-methyl/N-ethyl adjacent to an activating group) is 1. The molecule has 2 heterocycles. The monoisotopic (exact) mass is 292 g/mol. The molecule has 20 heavy (non-hydrogen) atoms. The van der Waals surface area contributed by atoms with Gasteiger partial charge < -0.3 is 15.4 Å². The zero-order chi connectivity index (χ0) is 14.7. The van der Waals surface area contributed by atoms with Crippen LogP contribution in [0.1, 0.15) is 33.5 Å². The number of thiophene rings is 1. The van der Waals surface area contributed by atoms with Crippen molar-refractivity contribution in [2.24, 2.45) is 5.73 Å². The van der Waals surface area contributed by atoms with Gasteiger partial charge in [0.1, 0.15) is 0 Å². The maximum atomic E-state index is 12.5. The molecule has 1 aliphatic heterocycles. The number of rotatable bonds is 2. The number of hydrogen-bond donors (Lipinski definition) is 1. The molecule has 1 amide bonds. The van der Waals surface area contributed by atoms with E-state index in [4.69, 9.17) is 10.5 Å². The maximum absolute atomic E-state index is 12.5. The molecule has 2 N–H and O–H groups in total. The molecule has 2 unspecified atom stereocenters. The highest BCUT2D eigenvalue weighted by molar-refractivity contribution is 7.14. The van der Waals surface area contributed by atoms with Crippen molar-refractivity contribution in [2.75, 3.05) is 20.2 Å². The van der Waals surface area contributed by atoms with E-state index in [0.29, 0.717) is 6.54 Å². The molecule has 0 radical (unpaired) electrons. The second-order valence-electron chi connectivity index (χ2n) is 4.98. The average Bonchev–Trinajstić information content (AvgIpc) is 3.01. The molecule has 1 aliphatic rings. The van der Waals surface area contributed by atoms with E-state index in [1.54, 1.807) is 4.90 Å². The van der Waals surface area contributed by atoms with E-state index in [2.05, 4.69) is 11.8 Å². The Morgan fingerprint density at radius 3 is 3.00 bits per heavy atom. The number of amides is 1. The van der Waals surface area contributed by atoms with Crippen molar-refractivity contribution in [3.63, 3.8) is 0 Å². The van der Waals surface area contributed by atoms with Crippen molar-refractivity contribution in [3.8, 4) is 11.8 Å². The summed E-state index contributed by atoms with van der Waals surface area (Å²) in [6, 6.07) is 2.06. The van der Waals surface area contributed by atoms with E-state index in [1.807, 2.05) is 27.0 Å². The van der Waals surface area contributed by atoms with Gasteiger partial charge in [-0.05, 0) is 31.9 Å². The zero-order valence-electron chi connectivity index (χ0n) is 12.1. The summed E-state index contributed by atoms with van der Waals surface area (Å²) in [7, 11) is 1.85. The van der Waals surface area contributed by atoms with Crippen molar-refractivity contribution in [1.29, 1.82) is 0 Å². The molecular weight excluding hydrogens is 272 g/mol. The molecule has 2 rings (SSSR count). The lowest BCUT2D eigenvalue weighted by Crippen LogP contribution is -2.40. The Balaban J connectivity index is 2.16. The van der Waals surface area contributed by atoms with Crippen LogP contribution < -0.4 is 5.73 Å². The van der Waals surface area contributed by atoms with Crippen LogP contribution in [0.25, 0.3) is 0 Å². The van der Waals surface area contributed by atoms with E-state index in [0.717, 1.165) is 28.3 Å². The maximum Gasteiger partial charge on any atom is 0.264 e. The van der Waals surface area contributed by atoms with Crippen LogP contribution in [0.15, 0.2) is 6.07 Å². The van der Waals surface area contributed by atoms with Crippen LogP contribution in [0.2, 0.25) is 0 Å². The van der Waals surface area contributed by atoms with E-state index in [1.165, 1.54) is 11.3 Å². The molecule has 5 heteroatoms. The molecule has 2 atom stereocenters. The minimum Gasteiger partial charge on any atom is -0.376 e. The van der Waals surface area contributed by atoms with Crippen LogP contribution in [0.4, 0.5) is 0 Å². The van der Waals surface area contributed by atoms with Gasteiger partial charge in [0.2, 0.25) is 0 Å². The SMILES string of the molecule is Cc1cc(C(=O)N(C)C2CCOC2C)sc1C#CCN. The van der Waals surface area contributed by atoms with Crippen LogP contribution in [-0.4, -0.2) is 43.2 Å². The van der Waals surface area contributed by atoms with Gasteiger partial charge in [0.15, 0.2) is 0 Å². The summed E-state index contributed by atoms with van der Waals surface area (Å²) in [6.45, 7) is 5.03. The molecule has 1 aromatic rings. The summed E-state index contributed by atoms with van der Waals surface area (Å²) in [5, 5.41) is 0. The second-order valence-corrected chi connectivity index (χ2v) is 6.03. The minimum atomic E-state index is 0.0428. The number of nitrogens with two attached hydrogens (primary N) is 1. The summed E-state index contributed by atoms with van der Waals surface area (Å²) >= 11 is 1.43. The minimum absolute atomic E-state index is 0.0428. The molecule has 1 saturated heterocycles. The van der Waals surface area contributed by atoms with Crippen LogP contribution >= 0.6 is 11.3 Å². The van der Waals surface area contributed by atoms with E-state index < -0.39 is 0 Å². The quantitative estimate of drug-likeness (QED) is 0.843. The summed E-state index contributed by atoms with van der Waals surface area (Å²) in [4.78, 5) is 16.0. The predicted octanol–water partition coefficient (Wildman–Crippen LogP) is 1.62. The fraction of sp³-hybridized carbons (Fsp3) is 0.533. The Morgan fingerprint density at radius 2 is 2.40 bits per heavy atom. The standard InChI is InChI=1S/C15H20N2O2S/c1-10-9-14(20-13(10)5-4-7-16)15(18)17(3)12-6-8-19-11(12)2/h9,11-12H,6-8,16H2,1-3H3. The number of ether oxygens (including phenoxy) is 1. The van der Waals surface area contributed by atoms with E-state index in [-0.39, 0.29) is 18.1 Å². The Bertz CT molecular complexity index is 556. The average molecular weight is 292 g/mol. The van der Waals surface area contributed by atoms with Gasteiger partial charge in [0, 0.05) is 13.7 Å². The van der Waals surface area contributed by atoms with Crippen LogP contribution in [0.3, 0.4) is 0 Å². The number of carbonyl (C=O) groups excluding carboxylic acids is 1. The van der Waals surface area contributed by atoms with Gasteiger partial charge in [-0.2, -0.15) is 0 Å². The summed E-state index contributed by atoms with van der Waals surface area (Å²) in [5.41, 5.74) is 6.41. The zero-order valence-corrected chi connectivity index (χ0v) is 12.9. The lowest BCUT2D eigenvalue weighted by Gasteiger charge is -2.26. The van der Waals surface area contributed by atoms with Crippen LogP contribution in [0, 0.1) is 18.8 Å². The Morgan fingerprint density at radius 1 is 1.65 bits per heavy atom. The van der Waals surface area contributed by atoms with Gasteiger partial charge in [-0.1, -0.05) is 11.8 Å². The summed E-state index contributed by atoms with van der Waals surface area (Å²) < 4.78 is 5.53. The molecule has 0 saturated carbocycles. The van der Waals surface area contributed by atoms with Crippen molar-refractivity contribution >= 4 is 17.2 Å². The molecule has 0 bridgehead atoms. The third kappa shape index (κ3) is 3.04. The number of carbonyl (C=O) groups is 1. The normalized spacial score (nSPS) is 21.4. The lowest BCUT2D eigenvalue weighted by atomic mass is 10.1. The molecule has 0 aromatic carbocycles. The Labute approximate surface area is 123 Å². The van der Waals surface area contributed by atoms with E-state index >= 15 is 0 Å². The first-order valence-corrected chi connectivity index (χ1v) is 7.54. The van der Waals surface area contributed by atoms with Gasteiger partial charge in [-0.3, -0.25) is 4.79 Å². The predicted molar refractivity (Wildman–Crippen MR) is 80.9 cm³/mol. The first-order chi connectivity index (χ1) is 9.54. The number of hydrogen-bond acceptors (Lipinski definition) is 4.